The quantitative estimate of drug-likeness (QED) is 0.594. The van der Waals surface area contributed by atoms with Gasteiger partial charge < -0.3 is 9.84 Å². The number of unbranched alkanes of at least 4 members (excludes halogenated alkanes) is 2. The molecule has 3 nitrogen and oxygen atoms in total. The summed E-state index contributed by atoms with van der Waals surface area (Å²) < 4.78 is 5.00. The number of phenolic OH excluding ortho intramolecular Hbond substituents is 1. The molecule has 0 amide bonds. The molecule has 88 valence electrons. The number of benzene rings is 1. The minimum Gasteiger partial charge on any atom is -0.508 e. The van der Waals surface area contributed by atoms with Crippen LogP contribution in [0.5, 0.6) is 11.5 Å². The second kappa shape index (κ2) is 6.16. The van der Waals surface area contributed by atoms with E-state index in [1.807, 2.05) is 0 Å². The molecule has 0 fully saturated rings. The lowest BCUT2D eigenvalue weighted by Crippen LogP contribution is -1.99. The Balaban J connectivity index is 2.71. The summed E-state index contributed by atoms with van der Waals surface area (Å²) in [5, 5.41) is 9.41. The Hall–Kier alpha value is -1.51. The minimum atomic E-state index is 0.0580. The molecule has 0 aromatic heterocycles. The second-order valence-electron chi connectivity index (χ2n) is 3.80. The SMILES string of the molecule is CCCCCC(=O)c1cc(O)cc(OC)c1. The first kappa shape index (κ1) is 12.6. The van der Waals surface area contributed by atoms with Gasteiger partial charge in [-0.25, -0.2) is 0 Å². The van der Waals surface area contributed by atoms with Crippen molar-refractivity contribution in [2.75, 3.05) is 7.11 Å². The number of phenols is 1. The van der Waals surface area contributed by atoms with Crippen molar-refractivity contribution in [3.63, 3.8) is 0 Å². The van der Waals surface area contributed by atoms with E-state index in [1.165, 1.54) is 19.2 Å². The van der Waals surface area contributed by atoms with Crippen LogP contribution in [0.4, 0.5) is 0 Å². The van der Waals surface area contributed by atoms with Crippen molar-refractivity contribution in [2.45, 2.75) is 32.6 Å². The van der Waals surface area contributed by atoms with Gasteiger partial charge in [0, 0.05) is 18.1 Å². The fraction of sp³-hybridized carbons (Fsp3) is 0.462. The summed E-state index contributed by atoms with van der Waals surface area (Å²) in [6.45, 7) is 2.10. The lowest BCUT2D eigenvalue weighted by molar-refractivity contribution is 0.0978. The first-order valence-electron chi connectivity index (χ1n) is 5.58. The maximum Gasteiger partial charge on any atom is 0.163 e. The van der Waals surface area contributed by atoms with Crippen LogP contribution in [0.2, 0.25) is 0 Å². The summed E-state index contributed by atoms with van der Waals surface area (Å²) in [5.41, 5.74) is 0.521. The van der Waals surface area contributed by atoms with Gasteiger partial charge in [-0.15, -0.1) is 0 Å². The van der Waals surface area contributed by atoms with E-state index in [2.05, 4.69) is 6.92 Å². The molecular weight excluding hydrogens is 204 g/mol. The lowest BCUT2D eigenvalue weighted by Gasteiger charge is -2.05. The molecule has 0 unspecified atom stereocenters. The smallest absolute Gasteiger partial charge is 0.163 e. The Bertz CT molecular complexity index is 358. The van der Waals surface area contributed by atoms with Gasteiger partial charge in [0.1, 0.15) is 11.5 Å². The summed E-state index contributed by atoms with van der Waals surface area (Å²) >= 11 is 0. The Labute approximate surface area is 96.1 Å². The van der Waals surface area contributed by atoms with Crippen LogP contribution >= 0.6 is 0 Å². The first-order valence-corrected chi connectivity index (χ1v) is 5.58. The number of aromatic hydroxyl groups is 1. The van der Waals surface area contributed by atoms with Crippen molar-refractivity contribution in [3.05, 3.63) is 23.8 Å². The van der Waals surface area contributed by atoms with Crippen molar-refractivity contribution in [3.8, 4) is 11.5 Å². The highest BCUT2D eigenvalue weighted by molar-refractivity contribution is 5.96. The number of methoxy groups -OCH3 is 1. The summed E-state index contributed by atoms with van der Waals surface area (Å²) in [4.78, 5) is 11.8. The molecule has 1 rings (SSSR count). The van der Waals surface area contributed by atoms with Crippen molar-refractivity contribution < 1.29 is 14.6 Å². The summed E-state index contributed by atoms with van der Waals surface area (Å²) in [7, 11) is 1.51. The van der Waals surface area contributed by atoms with Gasteiger partial charge in [-0.3, -0.25) is 4.79 Å². The van der Waals surface area contributed by atoms with Gasteiger partial charge in [-0.2, -0.15) is 0 Å². The third-order valence-electron chi connectivity index (χ3n) is 2.46. The number of hydrogen-bond donors (Lipinski definition) is 1. The average molecular weight is 222 g/mol. The highest BCUT2D eigenvalue weighted by Crippen LogP contribution is 2.22. The van der Waals surface area contributed by atoms with Gasteiger partial charge >= 0.3 is 0 Å². The van der Waals surface area contributed by atoms with E-state index in [4.69, 9.17) is 4.74 Å². The molecule has 0 aliphatic rings. The molecule has 1 N–H and O–H groups in total. The number of ether oxygens (including phenoxy) is 1. The van der Waals surface area contributed by atoms with Gasteiger partial charge in [0.2, 0.25) is 0 Å². The fourth-order valence-electron chi connectivity index (χ4n) is 1.54. The molecule has 1 aromatic rings. The monoisotopic (exact) mass is 222 g/mol. The van der Waals surface area contributed by atoms with Crippen LogP contribution in [0, 0.1) is 0 Å². The van der Waals surface area contributed by atoms with E-state index in [0.29, 0.717) is 17.7 Å². The number of hydrogen-bond acceptors (Lipinski definition) is 3. The lowest BCUT2D eigenvalue weighted by atomic mass is 10.0. The maximum absolute atomic E-state index is 11.8. The van der Waals surface area contributed by atoms with Crippen molar-refractivity contribution >= 4 is 5.78 Å². The topological polar surface area (TPSA) is 46.5 Å². The predicted molar refractivity (Wildman–Crippen MR) is 63.1 cm³/mol. The minimum absolute atomic E-state index is 0.0580. The Kier molecular flexibility index (Phi) is 4.83. The zero-order valence-electron chi connectivity index (χ0n) is 9.82. The normalized spacial score (nSPS) is 10.1. The number of rotatable bonds is 6. The third-order valence-corrected chi connectivity index (χ3v) is 2.46. The van der Waals surface area contributed by atoms with E-state index in [0.717, 1.165) is 19.3 Å². The van der Waals surface area contributed by atoms with Gasteiger partial charge in [-0.1, -0.05) is 19.8 Å². The van der Waals surface area contributed by atoms with Gasteiger partial charge in [0.25, 0.3) is 0 Å². The first-order chi connectivity index (χ1) is 7.67. The Morgan fingerprint density at radius 1 is 1.31 bits per heavy atom. The van der Waals surface area contributed by atoms with E-state index in [9.17, 15) is 9.90 Å². The van der Waals surface area contributed by atoms with Crippen LogP contribution < -0.4 is 4.74 Å². The van der Waals surface area contributed by atoms with E-state index >= 15 is 0 Å². The highest BCUT2D eigenvalue weighted by Gasteiger charge is 2.08. The van der Waals surface area contributed by atoms with Crippen LogP contribution in [0.25, 0.3) is 0 Å². The number of Topliss-reactive ketones (excluding diaryl/α,β-unsaturated/α-hetero) is 1. The van der Waals surface area contributed by atoms with Gasteiger partial charge in [-0.05, 0) is 18.6 Å². The Morgan fingerprint density at radius 2 is 2.06 bits per heavy atom. The number of ketones is 1. The van der Waals surface area contributed by atoms with Crippen LogP contribution in [0.15, 0.2) is 18.2 Å². The largest absolute Gasteiger partial charge is 0.508 e. The Morgan fingerprint density at radius 3 is 2.69 bits per heavy atom. The predicted octanol–water partition coefficient (Wildman–Crippen LogP) is 3.16. The molecule has 0 radical (unpaired) electrons. The molecule has 0 aliphatic heterocycles. The molecule has 1 aromatic carbocycles. The second-order valence-corrected chi connectivity index (χ2v) is 3.80. The van der Waals surface area contributed by atoms with Crippen molar-refractivity contribution in [2.24, 2.45) is 0 Å². The summed E-state index contributed by atoms with van der Waals surface area (Å²) in [6.07, 6.45) is 3.58. The molecule has 16 heavy (non-hydrogen) atoms. The van der Waals surface area contributed by atoms with Crippen LogP contribution in [0.1, 0.15) is 43.0 Å². The number of carbonyl (C=O) groups is 1. The molecule has 3 heteroatoms. The zero-order chi connectivity index (χ0) is 12.0. The van der Waals surface area contributed by atoms with Crippen LogP contribution in [0.3, 0.4) is 0 Å². The van der Waals surface area contributed by atoms with E-state index in [-0.39, 0.29) is 11.5 Å². The van der Waals surface area contributed by atoms with Crippen LogP contribution in [-0.4, -0.2) is 18.0 Å². The number of carbonyl (C=O) groups excluding carboxylic acids is 1. The third kappa shape index (κ3) is 3.57. The maximum atomic E-state index is 11.8. The molecule has 0 saturated heterocycles. The molecule has 0 heterocycles. The molecule has 0 saturated carbocycles. The van der Waals surface area contributed by atoms with Crippen LogP contribution in [-0.2, 0) is 0 Å². The van der Waals surface area contributed by atoms with Crippen molar-refractivity contribution in [1.29, 1.82) is 0 Å². The van der Waals surface area contributed by atoms with Gasteiger partial charge in [0.15, 0.2) is 5.78 Å². The standard InChI is InChI=1S/C13H18O3/c1-3-4-5-6-13(15)10-7-11(14)9-12(8-10)16-2/h7-9,14H,3-6H2,1-2H3. The molecule has 0 atom stereocenters. The molecule has 0 aliphatic carbocycles. The molecule has 0 spiro atoms. The molecule has 0 bridgehead atoms. The fourth-order valence-corrected chi connectivity index (χ4v) is 1.54. The van der Waals surface area contributed by atoms with Gasteiger partial charge in [0.05, 0.1) is 7.11 Å². The molecular formula is C13H18O3. The van der Waals surface area contributed by atoms with Crippen molar-refractivity contribution in [1.82, 2.24) is 0 Å². The summed E-state index contributed by atoms with van der Waals surface area (Å²) in [5.74, 6) is 0.639. The van der Waals surface area contributed by atoms with E-state index < -0.39 is 0 Å². The highest BCUT2D eigenvalue weighted by atomic mass is 16.5. The zero-order valence-corrected chi connectivity index (χ0v) is 9.82. The average Bonchev–Trinajstić information content (AvgIpc) is 2.28. The summed E-state index contributed by atoms with van der Waals surface area (Å²) in [6, 6.07) is 4.63. The van der Waals surface area contributed by atoms with E-state index in [1.54, 1.807) is 6.07 Å².